The Morgan fingerprint density at radius 1 is 1.29 bits per heavy atom. The summed E-state index contributed by atoms with van der Waals surface area (Å²) in [7, 11) is 0. The lowest BCUT2D eigenvalue weighted by Crippen LogP contribution is -2.03. The topological polar surface area (TPSA) is 20.2 Å². The number of aliphatic hydroxyl groups is 1. The van der Waals surface area contributed by atoms with Crippen molar-refractivity contribution in [2.24, 2.45) is 0 Å². The number of aliphatic hydroxyl groups excluding tert-OH is 1. The van der Waals surface area contributed by atoms with Crippen LogP contribution in [0.2, 0.25) is 0 Å². The molecule has 0 amide bonds. The molecule has 0 aliphatic carbocycles. The zero-order chi connectivity index (χ0) is 12.6. The average molecular weight is 315 g/mol. The lowest BCUT2D eigenvalue weighted by molar-refractivity contribution is 0.214. The Hall–Kier alpha value is -0.710. The first-order valence-electron chi connectivity index (χ1n) is 5.19. The smallest absolute Gasteiger partial charge is 0.132 e. The summed E-state index contributed by atoms with van der Waals surface area (Å²) in [5.74, 6) is -0.332. The van der Waals surface area contributed by atoms with Gasteiger partial charge in [-0.25, -0.2) is 4.39 Å². The summed E-state index contributed by atoms with van der Waals surface area (Å²) in [6.07, 6.45) is -0.905. The lowest BCUT2D eigenvalue weighted by Gasteiger charge is -2.13. The minimum Gasteiger partial charge on any atom is -0.384 e. The molecule has 0 saturated carbocycles. The first-order valence-corrected chi connectivity index (χ1v) is 6.80. The minimum absolute atomic E-state index is 0.332. The standard InChI is InChI=1S/C13H12BrFOS/c1-7-4-3-5-9(12(7)15)13(16)10-6-11(14)17-8(10)2/h3-6,13,16H,1-2H3. The van der Waals surface area contributed by atoms with Gasteiger partial charge in [-0.15, -0.1) is 11.3 Å². The molecule has 17 heavy (non-hydrogen) atoms. The molecule has 90 valence electrons. The van der Waals surface area contributed by atoms with Crippen molar-refractivity contribution in [2.45, 2.75) is 20.0 Å². The Bertz CT molecular complexity index is 550. The van der Waals surface area contributed by atoms with E-state index in [1.807, 2.05) is 13.0 Å². The van der Waals surface area contributed by atoms with Gasteiger partial charge >= 0.3 is 0 Å². The van der Waals surface area contributed by atoms with E-state index in [1.165, 1.54) is 11.3 Å². The fraction of sp³-hybridized carbons (Fsp3) is 0.231. The molecule has 0 bridgehead atoms. The van der Waals surface area contributed by atoms with E-state index in [1.54, 1.807) is 25.1 Å². The van der Waals surface area contributed by atoms with Crippen LogP contribution in [0, 0.1) is 19.7 Å². The van der Waals surface area contributed by atoms with Crippen LogP contribution in [0.4, 0.5) is 4.39 Å². The van der Waals surface area contributed by atoms with Gasteiger partial charge in [0.2, 0.25) is 0 Å². The normalized spacial score (nSPS) is 12.8. The fourth-order valence-electron chi connectivity index (χ4n) is 1.78. The first-order chi connectivity index (χ1) is 8.00. The van der Waals surface area contributed by atoms with Crippen molar-refractivity contribution in [3.8, 4) is 0 Å². The van der Waals surface area contributed by atoms with E-state index in [0.717, 1.165) is 14.2 Å². The van der Waals surface area contributed by atoms with Crippen LogP contribution >= 0.6 is 27.3 Å². The highest BCUT2D eigenvalue weighted by atomic mass is 79.9. The number of hydrogen-bond donors (Lipinski definition) is 1. The van der Waals surface area contributed by atoms with Gasteiger partial charge in [0, 0.05) is 10.4 Å². The van der Waals surface area contributed by atoms with Crippen LogP contribution in [-0.4, -0.2) is 5.11 Å². The van der Waals surface area contributed by atoms with Crippen LogP contribution in [-0.2, 0) is 0 Å². The van der Waals surface area contributed by atoms with Crippen molar-refractivity contribution in [2.75, 3.05) is 0 Å². The molecular formula is C13H12BrFOS. The zero-order valence-electron chi connectivity index (χ0n) is 9.50. The quantitative estimate of drug-likeness (QED) is 0.873. The molecule has 1 N–H and O–H groups in total. The molecule has 1 unspecified atom stereocenters. The number of rotatable bonds is 2. The van der Waals surface area contributed by atoms with Crippen molar-refractivity contribution in [1.29, 1.82) is 0 Å². The molecule has 1 aromatic heterocycles. The highest BCUT2D eigenvalue weighted by Crippen LogP contribution is 2.34. The predicted octanol–water partition coefficient (Wildman–Crippen LogP) is 4.35. The Kier molecular flexibility index (Phi) is 3.66. The van der Waals surface area contributed by atoms with Gasteiger partial charge in [0.05, 0.1) is 3.79 Å². The molecule has 0 fully saturated rings. The van der Waals surface area contributed by atoms with E-state index in [2.05, 4.69) is 15.9 Å². The van der Waals surface area contributed by atoms with Gasteiger partial charge < -0.3 is 5.11 Å². The van der Waals surface area contributed by atoms with Crippen molar-refractivity contribution >= 4 is 27.3 Å². The third kappa shape index (κ3) is 2.44. The van der Waals surface area contributed by atoms with E-state index in [4.69, 9.17) is 0 Å². The van der Waals surface area contributed by atoms with Gasteiger partial charge in [-0.3, -0.25) is 0 Å². The summed E-state index contributed by atoms with van der Waals surface area (Å²) in [6.45, 7) is 3.61. The minimum atomic E-state index is -0.905. The van der Waals surface area contributed by atoms with Gasteiger partial charge in [0.1, 0.15) is 11.9 Å². The first kappa shape index (κ1) is 12.7. The number of thiophene rings is 1. The van der Waals surface area contributed by atoms with Crippen LogP contribution in [0.1, 0.15) is 27.7 Å². The predicted molar refractivity (Wildman–Crippen MR) is 72.0 cm³/mol. The van der Waals surface area contributed by atoms with E-state index in [0.29, 0.717) is 11.1 Å². The van der Waals surface area contributed by atoms with E-state index < -0.39 is 6.10 Å². The van der Waals surface area contributed by atoms with Crippen LogP contribution in [0.5, 0.6) is 0 Å². The van der Waals surface area contributed by atoms with Crippen LogP contribution in [0.25, 0.3) is 0 Å². The highest BCUT2D eigenvalue weighted by Gasteiger charge is 2.19. The molecule has 1 heterocycles. The van der Waals surface area contributed by atoms with Gasteiger partial charge in [-0.2, -0.15) is 0 Å². The maximum atomic E-state index is 13.9. The van der Waals surface area contributed by atoms with Crippen LogP contribution in [0.3, 0.4) is 0 Å². The largest absolute Gasteiger partial charge is 0.384 e. The number of benzene rings is 1. The molecule has 0 spiro atoms. The second-order valence-corrected chi connectivity index (χ2v) is 6.58. The fourth-order valence-corrected chi connectivity index (χ4v) is 3.52. The maximum absolute atomic E-state index is 13.9. The third-order valence-electron chi connectivity index (χ3n) is 2.74. The summed E-state index contributed by atoms with van der Waals surface area (Å²) in [5.41, 5.74) is 1.64. The molecule has 4 heteroatoms. The highest BCUT2D eigenvalue weighted by molar-refractivity contribution is 9.11. The molecule has 2 rings (SSSR count). The second-order valence-electron chi connectivity index (χ2n) is 3.94. The second kappa shape index (κ2) is 4.88. The zero-order valence-corrected chi connectivity index (χ0v) is 11.9. The van der Waals surface area contributed by atoms with Gasteiger partial charge in [0.15, 0.2) is 0 Å². The molecule has 0 aliphatic heterocycles. The summed E-state index contributed by atoms with van der Waals surface area (Å²) in [6, 6.07) is 6.92. The number of halogens is 2. The molecule has 1 nitrogen and oxygen atoms in total. The molecule has 2 aromatic rings. The van der Waals surface area contributed by atoms with Crippen molar-refractivity contribution in [1.82, 2.24) is 0 Å². The van der Waals surface area contributed by atoms with Gasteiger partial charge in [-0.05, 0) is 47.0 Å². The molecule has 0 aliphatic rings. The van der Waals surface area contributed by atoms with Crippen LogP contribution < -0.4 is 0 Å². The van der Waals surface area contributed by atoms with E-state index >= 15 is 0 Å². The summed E-state index contributed by atoms with van der Waals surface area (Å²) >= 11 is 4.91. The lowest BCUT2D eigenvalue weighted by atomic mass is 10.00. The van der Waals surface area contributed by atoms with Crippen molar-refractivity contribution < 1.29 is 9.50 Å². The molecular weight excluding hydrogens is 303 g/mol. The van der Waals surface area contributed by atoms with Gasteiger partial charge in [-0.1, -0.05) is 18.2 Å². The average Bonchev–Trinajstić information content (AvgIpc) is 2.61. The molecule has 0 radical (unpaired) electrons. The summed E-state index contributed by atoms with van der Waals surface area (Å²) in [5, 5.41) is 10.2. The Morgan fingerprint density at radius 3 is 2.59 bits per heavy atom. The SMILES string of the molecule is Cc1cccc(C(O)c2cc(Br)sc2C)c1F. The maximum Gasteiger partial charge on any atom is 0.132 e. The third-order valence-corrected chi connectivity index (χ3v) is 4.31. The Labute approximate surface area is 112 Å². The van der Waals surface area contributed by atoms with E-state index in [-0.39, 0.29) is 5.82 Å². The monoisotopic (exact) mass is 314 g/mol. The molecule has 0 saturated heterocycles. The molecule has 1 atom stereocenters. The number of hydrogen-bond acceptors (Lipinski definition) is 2. The Balaban J connectivity index is 2.47. The van der Waals surface area contributed by atoms with Crippen molar-refractivity contribution in [3.63, 3.8) is 0 Å². The summed E-state index contributed by atoms with van der Waals surface area (Å²) < 4.78 is 14.8. The van der Waals surface area contributed by atoms with Crippen molar-refractivity contribution in [3.05, 3.63) is 55.4 Å². The summed E-state index contributed by atoms with van der Waals surface area (Å²) in [4.78, 5) is 0.991. The van der Waals surface area contributed by atoms with E-state index in [9.17, 15) is 9.50 Å². The molecule has 1 aromatic carbocycles. The van der Waals surface area contributed by atoms with Gasteiger partial charge in [0.25, 0.3) is 0 Å². The Morgan fingerprint density at radius 2 is 2.00 bits per heavy atom. The van der Waals surface area contributed by atoms with Crippen LogP contribution in [0.15, 0.2) is 28.1 Å². The number of aryl methyl sites for hydroxylation is 2.